The molecule has 0 N–H and O–H groups in total. The van der Waals surface area contributed by atoms with Crippen molar-refractivity contribution in [2.75, 3.05) is 0 Å². The van der Waals surface area contributed by atoms with Crippen LogP contribution in [0.3, 0.4) is 0 Å². The van der Waals surface area contributed by atoms with Crippen LogP contribution in [0, 0.1) is 0 Å². The lowest BCUT2D eigenvalue weighted by atomic mass is 9.66. The second-order valence-electron chi connectivity index (χ2n) is 18.8. The van der Waals surface area contributed by atoms with Gasteiger partial charge in [0, 0.05) is 55.2 Å². The SMILES string of the molecule is c1ccc2c(c1)Oc1cc(-c3ccc4c(c3)c3ccccc3n4-c3cncc(-n4c5ccccc5c5ccccc54)c3)ccc1C21c2cccnc2-c2ncc(-n3c4ccccc4c4ccccc43)cc21. The number of benzene rings is 8. The Morgan fingerprint density at radius 2 is 0.789 bits per heavy atom. The van der Waals surface area contributed by atoms with Gasteiger partial charge >= 0.3 is 0 Å². The monoisotopic (exact) mass is 906 g/mol. The molecule has 0 fully saturated rings. The lowest BCUT2D eigenvalue weighted by Gasteiger charge is -2.39. The van der Waals surface area contributed by atoms with E-state index in [1.165, 1.54) is 26.9 Å². The quantitative estimate of drug-likeness (QED) is 0.176. The third-order valence-electron chi connectivity index (χ3n) is 15.3. The number of fused-ring (bicyclic) bond motifs is 18. The molecule has 7 heteroatoms. The van der Waals surface area contributed by atoms with Gasteiger partial charge in [0.25, 0.3) is 0 Å². The summed E-state index contributed by atoms with van der Waals surface area (Å²) in [6.07, 6.45) is 7.83. The molecule has 1 aliphatic heterocycles. The largest absolute Gasteiger partial charge is 0.457 e. The lowest BCUT2D eigenvalue weighted by Crippen LogP contribution is -2.32. The highest BCUT2D eigenvalue weighted by Crippen LogP contribution is 2.62. The maximum absolute atomic E-state index is 7.03. The number of nitrogens with zero attached hydrogens (tertiary/aromatic N) is 6. The fourth-order valence-corrected chi connectivity index (χ4v) is 12.4. The number of aromatic nitrogens is 6. The summed E-state index contributed by atoms with van der Waals surface area (Å²) in [5.41, 5.74) is 17.3. The maximum Gasteiger partial charge on any atom is 0.132 e. The Bertz CT molecular complexity index is 4490. The van der Waals surface area contributed by atoms with Gasteiger partial charge < -0.3 is 18.4 Å². The van der Waals surface area contributed by atoms with Gasteiger partial charge in [-0.15, -0.1) is 0 Å². The topological polar surface area (TPSA) is 62.7 Å². The van der Waals surface area contributed by atoms with Crippen LogP contribution < -0.4 is 4.74 Å². The first-order valence-electron chi connectivity index (χ1n) is 24.1. The van der Waals surface area contributed by atoms with Crippen LogP contribution in [-0.4, -0.2) is 28.7 Å². The lowest BCUT2D eigenvalue weighted by molar-refractivity contribution is 0.436. The van der Waals surface area contributed by atoms with Crippen molar-refractivity contribution in [3.63, 3.8) is 0 Å². The summed E-state index contributed by atoms with van der Waals surface area (Å²) in [4.78, 5) is 15.3. The molecular weight excluding hydrogens is 869 g/mol. The van der Waals surface area contributed by atoms with E-state index in [9.17, 15) is 0 Å². The molecule has 1 aliphatic carbocycles. The van der Waals surface area contributed by atoms with Gasteiger partial charge in [0.05, 0.1) is 85.6 Å². The Morgan fingerprint density at radius 1 is 0.324 bits per heavy atom. The minimum Gasteiger partial charge on any atom is -0.457 e. The fourth-order valence-electron chi connectivity index (χ4n) is 12.4. The third kappa shape index (κ3) is 5.13. The van der Waals surface area contributed by atoms with Crippen LogP contribution in [-0.2, 0) is 5.41 Å². The Balaban J connectivity index is 0.866. The summed E-state index contributed by atoms with van der Waals surface area (Å²) in [7, 11) is 0. The zero-order valence-electron chi connectivity index (χ0n) is 38.0. The second kappa shape index (κ2) is 14.2. The molecule has 0 saturated carbocycles. The highest BCUT2D eigenvalue weighted by Gasteiger charge is 2.52. The molecule has 0 radical (unpaired) electrons. The smallest absolute Gasteiger partial charge is 0.132 e. The summed E-state index contributed by atoms with van der Waals surface area (Å²) < 4.78 is 14.1. The van der Waals surface area contributed by atoms with E-state index in [0.29, 0.717) is 0 Å². The number of rotatable bonds is 4. The average Bonchev–Trinajstić information content (AvgIpc) is 4.15. The van der Waals surface area contributed by atoms with Gasteiger partial charge in [-0.3, -0.25) is 15.0 Å². The molecule has 6 aromatic heterocycles. The molecule has 7 nitrogen and oxygen atoms in total. The summed E-state index contributed by atoms with van der Waals surface area (Å²) in [6.45, 7) is 0. The van der Waals surface area contributed by atoms with Crippen LogP contribution >= 0.6 is 0 Å². The first kappa shape index (κ1) is 38.4. The standard InChI is InChI=1S/C64H38N6O/c1-7-21-54-44(14-1)45-15-2-8-22-55(45)68(54)41-34-42(37-65-36-41)69-58-25-11-5-18-48(58)49-32-39(28-30-59(49)69)40-27-29-51-61(33-40)71-60-26-12-6-19-50(60)64(51)52-20-13-31-66-62(52)63-53(64)35-43(38-67-63)70-56-23-9-3-16-46(56)47-17-4-10-24-57(47)70/h1-38H. The van der Waals surface area contributed by atoms with Crippen LogP contribution in [0.5, 0.6) is 11.5 Å². The van der Waals surface area contributed by atoms with Crippen LogP contribution in [0.2, 0.25) is 0 Å². The summed E-state index contributed by atoms with van der Waals surface area (Å²) >= 11 is 0. The van der Waals surface area contributed by atoms with E-state index >= 15 is 0 Å². The highest BCUT2D eigenvalue weighted by molar-refractivity contribution is 6.12. The molecular formula is C64H38N6O. The van der Waals surface area contributed by atoms with Crippen molar-refractivity contribution in [3.05, 3.63) is 253 Å². The molecule has 16 rings (SSSR count). The molecule has 1 spiro atoms. The van der Waals surface area contributed by atoms with Crippen LogP contribution in [0.15, 0.2) is 231 Å². The number of pyridine rings is 3. The Hall–Kier alpha value is -9.59. The van der Waals surface area contributed by atoms with E-state index in [-0.39, 0.29) is 0 Å². The van der Waals surface area contributed by atoms with E-state index < -0.39 is 5.41 Å². The van der Waals surface area contributed by atoms with Crippen molar-refractivity contribution in [1.29, 1.82) is 0 Å². The molecule has 0 bridgehead atoms. The van der Waals surface area contributed by atoms with Crippen molar-refractivity contribution < 1.29 is 4.74 Å². The van der Waals surface area contributed by atoms with Gasteiger partial charge in [-0.2, -0.15) is 0 Å². The molecule has 1 unspecified atom stereocenters. The number of hydrogen-bond donors (Lipinski definition) is 0. The van der Waals surface area contributed by atoms with Crippen LogP contribution in [0.1, 0.15) is 22.3 Å². The molecule has 71 heavy (non-hydrogen) atoms. The maximum atomic E-state index is 7.03. The minimum absolute atomic E-state index is 0.747. The van der Waals surface area contributed by atoms with Crippen LogP contribution in [0.4, 0.5) is 0 Å². The molecule has 0 saturated heterocycles. The Kier molecular flexibility index (Phi) is 7.69. The van der Waals surface area contributed by atoms with Crippen molar-refractivity contribution in [1.82, 2.24) is 28.7 Å². The summed E-state index contributed by atoms with van der Waals surface area (Å²) in [5, 5.41) is 7.20. The summed E-state index contributed by atoms with van der Waals surface area (Å²) in [5.74, 6) is 1.62. The number of hydrogen-bond acceptors (Lipinski definition) is 4. The second-order valence-corrected chi connectivity index (χ2v) is 18.8. The third-order valence-corrected chi connectivity index (χ3v) is 15.3. The van der Waals surface area contributed by atoms with E-state index in [0.717, 1.165) is 112 Å². The zero-order chi connectivity index (χ0) is 46.4. The highest BCUT2D eigenvalue weighted by atomic mass is 16.5. The van der Waals surface area contributed by atoms with Crippen molar-refractivity contribution in [2.45, 2.75) is 5.41 Å². The van der Waals surface area contributed by atoms with Gasteiger partial charge in [0.1, 0.15) is 11.5 Å². The molecule has 2 aliphatic rings. The van der Waals surface area contributed by atoms with Crippen molar-refractivity contribution in [3.8, 4) is 51.1 Å². The molecule has 1 atom stereocenters. The molecule has 8 aromatic carbocycles. The minimum atomic E-state index is -0.747. The first-order chi connectivity index (χ1) is 35.2. The normalized spacial score (nSPS) is 14.6. The van der Waals surface area contributed by atoms with Crippen molar-refractivity contribution >= 4 is 65.4 Å². The number of para-hydroxylation sites is 6. The predicted molar refractivity (Wildman–Crippen MR) is 286 cm³/mol. The van der Waals surface area contributed by atoms with Gasteiger partial charge in [-0.25, -0.2) is 0 Å². The van der Waals surface area contributed by atoms with E-state index in [2.05, 4.69) is 220 Å². The molecule has 0 amide bonds. The van der Waals surface area contributed by atoms with E-state index in [1.807, 2.05) is 24.8 Å². The number of ether oxygens (including phenoxy) is 1. The average molecular weight is 907 g/mol. The van der Waals surface area contributed by atoms with Gasteiger partial charge in [-0.1, -0.05) is 133 Å². The summed E-state index contributed by atoms with van der Waals surface area (Å²) in [6, 6.07) is 74.1. The molecule has 330 valence electrons. The Morgan fingerprint density at radius 3 is 1.41 bits per heavy atom. The van der Waals surface area contributed by atoms with E-state index in [4.69, 9.17) is 19.7 Å². The molecule has 14 aromatic rings. The Labute approximate surface area is 406 Å². The first-order valence-corrected chi connectivity index (χ1v) is 24.1. The van der Waals surface area contributed by atoms with Crippen molar-refractivity contribution in [2.24, 2.45) is 0 Å². The fraction of sp³-hybridized carbons (Fsp3) is 0.0156. The van der Waals surface area contributed by atoms with Crippen LogP contribution in [0.25, 0.3) is 105 Å². The van der Waals surface area contributed by atoms with Gasteiger partial charge in [0.2, 0.25) is 0 Å². The predicted octanol–water partition coefficient (Wildman–Crippen LogP) is 15.3. The van der Waals surface area contributed by atoms with Gasteiger partial charge in [-0.05, 0) is 89.5 Å². The van der Waals surface area contributed by atoms with E-state index in [1.54, 1.807) is 0 Å². The molecule has 7 heterocycles. The zero-order valence-corrected chi connectivity index (χ0v) is 38.0. The van der Waals surface area contributed by atoms with Gasteiger partial charge in [0.15, 0.2) is 0 Å².